The molecule has 2 rings (SSSR count). The van der Waals surface area contributed by atoms with Crippen molar-refractivity contribution in [2.24, 2.45) is 0 Å². The van der Waals surface area contributed by atoms with E-state index in [-0.39, 0.29) is 0 Å². The fourth-order valence-electron chi connectivity index (χ4n) is 1.57. The van der Waals surface area contributed by atoms with E-state index in [0.29, 0.717) is 0 Å². The Balaban J connectivity index is 2.14. The van der Waals surface area contributed by atoms with Crippen LogP contribution in [0.25, 0.3) is 0 Å². The quantitative estimate of drug-likeness (QED) is 0.824. The van der Waals surface area contributed by atoms with E-state index in [4.69, 9.17) is 5.73 Å². The Labute approximate surface area is 95.1 Å². The summed E-state index contributed by atoms with van der Waals surface area (Å²) < 4.78 is 0. The molecule has 3 N–H and O–H groups in total. The number of anilines is 2. The first-order valence-electron chi connectivity index (χ1n) is 5.22. The number of hydrogen-bond acceptors (Lipinski definition) is 3. The zero-order valence-corrected chi connectivity index (χ0v) is 9.57. The zero-order valence-electron chi connectivity index (χ0n) is 9.57. The van der Waals surface area contributed by atoms with Crippen LogP contribution in [0.4, 0.5) is 11.5 Å². The third-order valence-electron chi connectivity index (χ3n) is 2.61. The Hall–Kier alpha value is -1.97. The van der Waals surface area contributed by atoms with Crippen molar-refractivity contribution in [1.82, 2.24) is 9.97 Å². The Kier molecular flexibility index (Phi) is 2.81. The third-order valence-corrected chi connectivity index (χ3v) is 2.61. The minimum atomic E-state index is 0.735. The first-order chi connectivity index (χ1) is 7.66. The number of aromatic nitrogens is 2. The molecule has 2 heterocycles. The highest BCUT2D eigenvalue weighted by atomic mass is 15.2. The number of rotatable bonds is 3. The number of aromatic amines is 1. The zero-order chi connectivity index (χ0) is 11.5. The molecule has 0 atom stereocenters. The predicted octanol–water partition coefficient (Wildman–Crippen LogP) is 1.94. The van der Waals surface area contributed by atoms with Crippen LogP contribution in [-0.4, -0.2) is 17.0 Å². The summed E-state index contributed by atoms with van der Waals surface area (Å²) in [6.45, 7) is 2.82. The second kappa shape index (κ2) is 4.26. The topological polar surface area (TPSA) is 57.9 Å². The second-order valence-electron chi connectivity index (χ2n) is 3.97. The summed E-state index contributed by atoms with van der Waals surface area (Å²) in [5.41, 5.74) is 8.77. The van der Waals surface area contributed by atoms with Crippen LogP contribution in [0.15, 0.2) is 30.7 Å². The van der Waals surface area contributed by atoms with Crippen molar-refractivity contribution in [2.75, 3.05) is 17.7 Å². The summed E-state index contributed by atoms with van der Waals surface area (Å²) in [6, 6.07) is 4.06. The van der Waals surface area contributed by atoms with E-state index in [1.165, 1.54) is 5.56 Å². The molecule has 0 radical (unpaired) electrons. The smallest absolute Gasteiger partial charge is 0.128 e. The summed E-state index contributed by atoms with van der Waals surface area (Å²) in [5, 5.41) is 0. The van der Waals surface area contributed by atoms with Crippen LogP contribution >= 0.6 is 0 Å². The molecular formula is C12H16N4. The van der Waals surface area contributed by atoms with Gasteiger partial charge in [-0.25, -0.2) is 4.98 Å². The van der Waals surface area contributed by atoms with Crippen molar-refractivity contribution in [1.29, 1.82) is 0 Å². The SMILES string of the molecule is Cc1cc(N(C)Cc2cc[nH]c2)ncc1N. The van der Waals surface area contributed by atoms with Gasteiger partial charge in [-0.1, -0.05) is 0 Å². The predicted molar refractivity (Wildman–Crippen MR) is 66.3 cm³/mol. The lowest BCUT2D eigenvalue weighted by atomic mass is 10.2. The van der Waals surface area contributed by atoms with E-state index in [0.717, 1.165) is 23.6 Å². The van der Waals surface area contributed by atoms with Crippen LogP contribution < -0.4 is 10.6 Å². The van der Waals surface area contributed by atoms with Crippen LogP contribution in [0.2, 0.25) is 0 Å². The number of hydrogen-bond donors (Lipinski definition) is 2. The van der Waals surface area contributed by atoms with Gasteiger partial charge in [-0.3, -0.25) is 0 Å². The van der Waals surface area contributed by atoms with E-state index < -0.39 is 0 Å². The first-order valence-corrected chi connectivity index (χ1v) is 5.22. The number of nitrogen functional groups attached to an aromatic ring is 1. The van der Waals surface area contributed by atoms with Gasteiger partial charge in [-0.2, -0.15) is 0 Å². The molecule has 0 aliphatic rings. The maximum absolute atomic E-state index is 5.74. The molecule has 84 valence electrons. The highest BCUT2D eigenvalue weighted by Crippen LogP contribution is 2.17. The molecule has 0 saturated carbocycles. The lowest BCUT2D eigenvalue weighted by molar-refractivity contribution is 0.898. The number of aryl methyl sites for hydroxylation is 1. The number of nitrogens with one attached hydrogen (secondary N) is 1. The van der Waals surface area contributed by atoms with Gasteiger partial charge in [-0.05, 0) is 30.2 Å². The Morgan fingerprint density at radius 1 is 1.50 bits per heavy atom. The third kappa shape index (κ3) is 2.16. The lowest BCUT2D eigenvalue weighted by Gasteiger charge is -2.18. The van der Waals surface area contributed by atoms with E-state index in [2.05, 4.69) is 20.9 Å². The molecule has 0 bridgehead atoms. The van der Waals surface area contributed by atoms with Gasteiger partial charge in [0.1, 0.15) is 5.82 Å². The van der Waals surface area contributed by atoms with Crippen molar-refractivity contribution in [3.8, 4) is 0 Å². The maximum atomic E-state index is 5.74. The van der Waals surface area contributed by atoms with E-state index in [1.807, 2.05) is 32.4 Å². The standard InChI is InChI=1S/C12H16N4/c1-9-5-12(15-7-11(9)13)16(2)8-10-3-4-14-6-10/h3-7,14H,8,13H2,1-2H3. The van der Waals surface area contributed by atoms with E-state index in [1.54, 1.807) is 6.20 Å². The van der Waals surface area contributed by atoms with Gasteiger partial charge in [0.2, 0.25) is 0 Å². The van der Waals surface area contributed by atoms with Gasteiger partial charge in [0.05, 0.1) is 11.9 Å². The average Bonchev–Trinajstić information content (AvgIpc) is 2.74. The second-order valence-corrected chi connectivity index (χ2v) is 3.97. The molecule has 4 heteroatoms. The van der Waals surface area contributed by atoms with Crippen molar-refractivity contribution in [2.45, 2.75) is 13.5 Å². The Bertz CT molecular complexity index is 462. The highest BCUT2D eigenvalue weighted by Gasteiger charge is 2.05. The fourth-order valence-corrected chi connectivity index (χ4v) is 1.57. The average molecular weight is 216 g/mol. The van der Waals surface area contributed by atoms with Gasteiger partial charge in [0.15, 0.2) is 0 Å². The van der Waals surface area contributed by atoms with Crippen molar-refractivity contribution < 1.29 is 0 Å². The lowest BCUT2D eigenvalue weighted by Crippen LogP contribution is -2.17. The van der Waals surface area contributed by atoms with Gasteiger partial charge in [0.25, 0.3) is 0 Å². The van der Waals surface area contributed by atoms with Gasteiger partial charge < -0.3 is 15.6 Å². The summed E-state index contributed by atoms with van der Waals surface area (Å²) in [7, 11) is 2.02. The highest BCUT2D eigenvalue weighted by molar-refractivity contribution is 5.51. The molecule has 16 heavy (non-hydrogen) atoms. The number of nitrogens with zero attached hydrogens (tertiary/aromatic N) is 2. The minimum Gasteiger partial charge on any atom is -0.397 e. The molecule has 0 saturated heterocycles. The normalized spacial score (nSPS) is 10.4. The number of pyridine rings is 1. The molecule has 0 unspecified atom stereocenters. The molecule has 0 aromatic carbocycles. The molecule has 0 spiro atoms. The summed E-state index contributed by atoms with van der Waals surface area (Å²) in [5.74, 6) is 0.938. The molecular weight excluding hydrogens is 200 g/mol. The molecule has 2 aromatic rings. The van der Waals surface area contributed by atoms with Crippen molar-refractivity contribution >= 4 is 11.5 Å². The summed E-state index contributed by atoms with van der Waals surface area (Å²) in [4.78, 5) is 9.44. The fraction of sp³-hybridized carbons (Fsp3) is 0.250. The van der Waals surface area contributed by atoms with Gasteiger partial charge in [0, 0.05) is 26.0 Å². The largest absolute Gasteiger partial charge is 0.397 e. The van der Waals surface area contributed by atoms with E-state index >= 15 is 0 Å². The molecule has 0 amide bonds. The Morgan fingerprint density at radius 2 is 2.31 bits per heavy atom. The maximum Gasteiger partial charge on any atom is 0.128 e. The van der Waals surface area contributed by atoms with Gasteiger partial charge in [-0.15, -0.1) is 0 Å². The van der Waals surface area contributed by atoms with Crippen LogP contribution in [0.3, 0.4) is 0 Å². The first kappa shape index (κ1) is 10.5. The van der Waals surface area contributed by atoms with Crippen molar-refractivity contribution in [3.05, 3.63) is 41.9 Å². The van der Waals surface area contributed by atoms with Crippen molar-refractivity contribution in [3.63, 3.8) is 0 Å². The molecule has 4 nitrogen and oxygen atoms in total. The van der Waals surface area contributed by atoms with Crippen LogP contribution in [0, 0.1) is 6.92 Å². The van der Waals surface area contributed by atoms with E-state index in [9.17, 15) is 0 Å². The summed E-state index contributed by atoms with van der Waals surface area (Å²) >= 11 is 0. The minimum absolute atomic E-state index is 0.735. The van der Waals surface area contributed by atoms with Crippen LogP contribution in [0.1, 0.15) is 11.1 Å². The van der Waals surface area contributed by atoms with Crippen LogP contribution in [0.5, 0.6) is 0 Å². The number of H-pyrrole nitrogens is 1. The van der Waals surface area contributed by atoms with Gasteiger partial charge >= 0.3 is 0 Å². The molecule has 2 aromatic heterocycles. The monoisotopic (exact) mass is 216 g/mol. The van der Waals surface area contributed by atoms with Crippen LogP contribution in [-0.2, 0) is 6.54 Å². The molecule has 0 aliphatic heterocycles. The summed E-state index contributed by atoms with van der Waals surface area (Å²) in [6.07, 6.45) is 5.61. The Morgan fingerprint density at radius 3 is 2.94 bits per heavy atom. The number of nitrogens with two attached hydrogens (primary N) is 1. The molecule has 0 aliphatic carbocycles. The molecule has 0 fully saturated rings.